The van der Waals surface area contributed by atoms with E-state index in [4.69, 9.17) is 19.2 Å². The molecule has 1 aliphatic heterocycles. The Balaban J connectivity index is 1.69. The van der Waals surface area contributed by atoms with Gasteiger partial charge in [0.2, 0.25) is 0 Å². The number of likely N-dealkylation sites (N-methyl/N-ethyl adjacent to an activating group) is 1. The van der Waals surface area contributed by atoms with E-state index in [0.29, 0.717) is 49.1 Å². The Labute approximate surface area is 222 Å². The highest BCUT2D eigenvalue weighted by atomic mass is 16.5. The number of piperidine rings is 1. The number of nitrogens with one attached hydrogen (secondary N) is 2. The third-order valence-electron chi connectivity index (χ3n) is 6.85. The zero-order valence-electron chi connectivity index (χ0n) is 22.5. The van der Waals surface area contributed by atoms with E-state index in [1.165, 1.54) is 4.90 Å². The molecule has 3 heterocycles. The molecule has 1 aromatic carbocycles. The smallest absolute Gasteiger partial charge is 0.407 e. The SMILES string of the molecule is CNCC(O)COc1cccc(-c2nc(NC3CCN(C(=O)O)C(C)C3)c(C)c(-c3c(C)noc3C)n2)c1. The standard InChI is InChI=1S/C27H36N6O5/c1-15-11-20(9-10-33(15)27(35)36)29-25-16(2)24(23-17(3)32-38-18(23)4)30-26(31-25)19-7-6-8-22(12-19)37-14-21(34)13-28-5/h6-8,12,15,20-21,28,34H,9-11,13-14H2,1-5H3,(H,35,36)(H,29,30,31). The van der Waals surface area contributed by atoms with Crippen molar-refractivity contribution in [3.63, 3.8) is 0 Å². The molecular weight excluding hydrogens is 488 g/mol. The molecule has 2 aromatic heterocycles. The first-order chi connectivity index (χ1) is 18.2. The maximum Gasteiger partial charge on any atom is 0.407 e. The summed E-state index contributed by atoms with van der Waals surface area (Å²) >= 11 is 0. The van der Waals surface area contributed by atoms with Crippen LogP contribution in [0.4, 0.5) is 10.6 Å². The maximum atomic E-state index is 11.5. The normalized spacial score (nSPS) is 18.3. The van der Waals surface area contributed by atoms with Crippen LogP contribution in [0, 0.1) is 20.8 Å². The van der Waals surface area contributed by atoms with Crippen molar-refractivity contribution in [2.24, 2.45) is 0 Å². The lowest BCUT2D eigenvalue weighted by molar-refractivity contribution is 0.108. The number of aliphatic hydroxyl groups excluding tert-OH is 1. The summed E-state index contributed by atoms with van der Waals surface area (Å²) in [6.45, 7) is 8.68. The first-order valence-corrected chi connectivity index (χ1v) is 12.8. The van der Waals surface area contributed by atoms with Crippen LogP contribution in [0.3, 0.4) is 0 Å². The summed E-state index contributed by atoms with van der Waals surface area (Å²) in [5, 5.41) is 30.1. The fourth-order valence-electron chi connectivity index (χ4n) is 4.84. The summed E-state index contributed by atoms with van der Waals surface area (Å²) in [4.78, 5) is 22.8. The van der Waals surface area contributed by atoms with E-state index in [-0.39, 0.29) is 18.7 Å². The Morgan fingerprint density at radius 2 is 2.08 bits per heavy atom. The number of ether oxygens (including phenoxy) is 1. The maximum absolute atomic E-state index is 11.5. The molecule has 0 saturated carbocycles. The topological polar surface area (TPSA) is 146 Å². The second kappa shape index (κ2) is 11.8. The molecular formula is C27H36N6O5. The lowest BCUT2D eigenvalue weighted by atomic mass is 9.98. The van der Waals surface area contributed by atoms with Gasteiger partial charge in [-0.05, 0) is 59.7 Å². The highest BCUT2D eigenvalue weighted by molar-refractivity contribution is 5.74. The number of anilines is 1. The number of carbonyl (C=O) groups is 1. The predicted molar refractivity (Wildman–Crippen MR) is 143 cm³/mol. The van der Waals surface area contributed by atoms with Crippen LogP contribution in [0.15, 0.2) is 28.8 Å². The van der Waals surface area contributed by atoms with Gasteiger partial charge in [0.05, 0.1) is 17.0 Å². The van der Waals surface area contributed by atoms with Crippen molar-refractivity contribution in [2.75, 3.05) is 32.1 Å². The number of benzene rings is 1. The zero-order chi connectivity index (χ0) is 27.4. The van der Waals surface area contributed by atoms with E-state index in [9.17, 15) is 15.0 Å². The largest absolute Gasteiger partial charge is 0.491 e. The van der Waals surface area contributed by atoms with Crippen molar-refractivity contribution in [1.29, 1.82) is 0 Å². The number of carboxylic acid groups (broad SMARTS) is 1. The molecule has 1 aliphatic rings. The number of aliphatic hydroxyl groups is 1. The Morgan fingerprint density at radius 1 is 1.29 bits per heavy atom. The second-order valence-electron chi connectivity index (χ2n) is 9.81. The summed E-state index contributed by atoms with van der Waals surface area (Å²) in [5.41, 5.74) is 3.90. The van der Waals surface area contributed by atoms with Crippen molar-refractivity contribution in [3.05, 3.63) is 41.3 Å². The van der Waals surface area contributed by atoms with Crippen LogP contribution in [0.5, 0.6) is 5.75 Å². The van der Waals surface area contributed by atoms with Gasteiger partial charge in [0.15, 0.2) is 5.82 Å². The molecule has 0 aliphatic carbocycles. The predicted octanol–water partition coefficient (Wildman–Crippen LogP) is 3.63. The van der Waals surface area contributed by atoms with Crippen LogP contribution in [-0.4, -0.2) is 81.3 Å². The van der Waals surface area contributed by atoms with Gasteiger partial charge >= 0.3 is 6.09 Å². The first-order valence-electron chi connectivity index (χ1n) is 12.8. The number of nitrogens with zero attached hydrogens (tertiary/aromatic N) is 4. The van der Waals surface area contributed by atoms with Crippen LogP contribution in [0.25, 0.3) is 22.6 Å². The first kappa shape index (κ1) is 27.3. The molecule has 1 amide bonds. The summed E-state index contributed by atoms with van der Waals surface area (Å²) in [6.07, 6.45) is -0.174. The fraction of sp³-hybridized carbons (Fsp3) is 0.481. The van der Waals surface area contributed by atoms with E-state index in [2.05, 4.69) is 15.8 Å². The van der Waals surface area contributed by atoms with Crippen LogP contribution in [0.1, 0.15) is 36.8 Å². The molecule has 1 fully saturated rings. The zero-order valence-corrected chi connectivity index (χ0v) is 22.5. The average molecular weight is 525 g/mol. The van der Waals surface area contributed by atoms with Crippen molar-refractivity contribution in [2.45, 2.75) is 58.7 Å². The molecule has 3 atom stereocenters. The Hall–Kier alpha value is -3.70. The molecule has 11 heteroatoms. The minimum absolute atomic E-state index is 0.0582. The van der Waals surface area contributed by atoms with Crippen LogP contribution < -0.4 is 15.4 Å². The molecule has 3 unspecified atom stereocenters. The van der Waals surface area contributed by atoms with Gasteiger partial charge in [-0.1, -0.05) is 17.3 Å². The molecule has 1 saturated heterocycles. The number of rotatable bonds is 9. The monoisotopic (exact) mass is 524 g/mol. The molecule has 4 rings (SSSR count). The van der Waals surface area contributed by atoms with E-state index >= 15 is 0 Å². The van der Waals surface area contributed by atoms with E-state index in [0.717, 1.165) is 28.1 Å². The third-order valence-corrected chi connectivity index (χ3v) is 6.85. The highest BCUT2D eigenvalue weighted by Gasteiger charge is 2.30. The van der Waals surface area contributed by atoms with Gasteiger partial charge < -0.3 is 35.0 Å². The summed E-state index contributed by atoms with van der Waals surface area (Å²) in [5.74, 6) is 2.46. The number of amides is 1. The quantitative estimate of drug-likeness (QED) is 0.327. The molecule has 4 N–H and O–H groups in total. The van der Waals surface area contributed by atoms with Gasteiger partial charge in [-0.15, -0.1) is 0 Å². The van der Waals surface area contributed by atoms with Gasteiger partial charge in [0, 0.05) is 36.3 Å². The molecule has 0 bridgehead atoms. The third kappa shape index (κ3) is 6.05. The Kier molecular flexibility index (Phi) is 8.48. The Bertz CT molecular complexity index is 1260. The summed E-state index contributed by atoms with van der Waals surface area (Å²) in [6, 6.07) is 7.42. The second-order valence-corrected chi connectivity index (χ2v) is 9.81. The number of hydrogen-bond acceptors (Lipinski definition) is 9. The molecule has 0 radical (unpaired) electrons. The lowest BCUT2D eigenvalue weighted by Gasteiger charge is -2.36. The minimum Gasteiger partial charge on any atom is -0.491 e. The highest BCUT2D eigenvalue weighted by Crippen LogP contribution is 2.34. The minimum atomic E-state index is -0.891. The van der Waals surface area contributed by atoms with Crippen molar-refractivity contribution in [1.82, 2.24) is 25.3 Å². The van der Waals surface area contributed by atoms with E-state index in [1.54, 1.807) is 7.05 Å². The van der Waals surface area contributed by atoms with Gasteiger partial charge in [-0.25, -0.2) is 14.8 Å². The number of aromatic nitrogens is 3. The van der Waals surface area contributed by atoms with Gasteiger partial charge in [0.25, 0.3) is 0 Å². The van der Waals surface area contributed by atoms with Gasteiger partial charge in [-0.2, -0.15) is 0 Å². The fourth-order valence-corrected chi connectivity index (χ4v) is 4.84. The van der Waals surface area contributed by atoms with Gasteiger partial charge in [0.1, 0.15) is 30.0 Å². The number of aryl methyl sites for hydroxylation is 2. The van der Waals surface area contributed by atoms with Crippen molar-refractivity contribution in [3.8, 4) is 28.4 Å². The van der Waals surface area contributed by atoms with Gasteiger partial charge in [-0.3, -0.25) is 0 Å². The molecule has 204 valence electrons. The summed E-state index contributed by atoms with van der Waals surface area (Å²) in [7, 11) is 1.77. The van der Waals surface area contributed by atoms with E-state index < -0.39 is 12.2 Å². The molecule has 0 spiro atoms. The molecule has 3 aromatic rings. The van der Waals surface area contributed by atoms with Crippen molar-refractivity contribution >= 4 is 11.9 Å². The number of hydrogen-bond donors (Lipinski definition) is 4. The number of likely N-dealkylation sites (tertiary alicyclic amines) is 1. The average Bonchev–Trinajstić information content (AvgIpc) is 3.21. The van der Waals surface area contributed by atoms with Crippen molar-refractivity contribution < 1.29 is 24.3 Å². The Morgan fingerprint density at radius 3 is 2.74 bits per heavy atom. The van der Waals surface area contributed by atoms with E-state index in [1.807, 2.05) is 52.0 Å². The summed E-state index contributed by atoms with van der Waals surface area (Å²) < 4.78 is 11.2. The van der Waals surface area contributed by atoms with Crippen LogP contribution in [0.2, 0.25) is 0 Å². The van der Waals surface area contributed by atoms with Crippen LogP contribution in [-0.2, 0) is 0 Å². The van der Waals surface area contributed by atoms with Crippen LogP contribution >= 0.6 is 0 Å². The molecule has 38 heavy (non-hydrogen) atoms. The lowest BCUT2D eigenvalue weighted by Crippen LogP contribution is -2.47. The molecule has 11 nitrogen and oxygen atoms in total.